The molecule has 8 heteroatoms. The lowest BCUT2D eigenvalue weighted by Gasteiger charge is -2.12. The Kier molecular flexibility index (Phi) is 7.72. The molecule has 4 aromatic rings. The summed E-state index contributed by atoms with van der Waals surface area (Å²) in [5.41, 5.74) is 6.55. The van der Waals surface area contributed by atoms with Crippen LogP contribution in [0.15, 0.2) is 102 Å². The highest BCUT2D eigenvalue weighted by Gasteiger charge is 2.14. The summed E-state index contributed by atoms with van der Waals surface area (Å²) >= 11 is 5.85. The molecule has 0 heterocycles. The molecule has 0 aliphatic rings. The van der Waals surface area contributed by atoms with Gasteiger partial charge in [-0.15, -0.1) is 0 Å². The highest BCUT2D eigenvalue weighted by atomic mass is 35.5. The summed E-state index contributed by atoms with van der Waals surface area (Å²) in [6.07, 6.45) is 0. The Balaban J connectivity index is 1.39. The topological polar surface area (TPSA) is 93.8 Å². The zero-order valence-corrected chi connectivity index (χ0v) is 20.1. The monoisotopic (exact) mass is 499 g/mol. The SMILES string of the molecule is CC(=NNC(=O)c1ccc(COc2ccccc2-c2ccccc2)cc1)c1ccc(Cl)c([N+](=O)[O-])c1. The lowest BCUT2D eigenvalue weighted by Crippen LogP contribution is -2.19. The zero-order chi connectivity index (χ0) is 25.5. The third kappa shape index (κ3) is 5.95. The van der Waals surface area contributed by atoms with Crippen molar-refractivity contribution in [1.29, 1.82) is 0 Å². The van der Waals surface area contributed by atoms with E-state index in [2.05, 4.69) is 10.5 Å². The van der Waals surface area contributed by atoms with E-state index in [9.17, 15) is 14.9 Å². The molecule has 0 bridgehead atoms. The molecule has 0 aliphatic carbocycles. The van der Waals surface area contributed by atoms with Crippen LogP contribution in [-0.2, 0) is 6.61 Å². The molecule has 0 saturated carbocycles. The first-order valence-corrected chi connectivity index (χ1v) is 11.5. The fourth-order valence-corrected chi connectivity index (χ4v) is 3.69. The van der Waals surface area contributed by atoms with Crippen molar-refractivity contribution >= 4 is 28.9 Å². The predicted molar refractivity (Wildman–Crippen MR) is 140 cm³/mol. The summed E-state index contributed by atoms with van der Waals surface area (Å²) in [4.78, 5) is 23.0. The fourth-order valence-electron chi connectivity index (χ4n) is 3.50. The number of nitro groups is 1. The lowest BCUT2D eigenvalue weighted by atomic mass is 10.0. The van der Waals surface area contributed by atoms with Crippen LogP contribution in [0.2, 0.25) is 5.02 Å². The van der Waals surface area contributed by atoms with E-state index in [1.54, 1.807) is 25.1 Å². The number of amides is 1. The Hall–Kier alpha value is -4.49. The summed E-state index contributed by atoms with van der Waals surface area (Å²) in [6, 6.07) is 29.2. The summed E-state index contributed by atoms with van der Waals surface area (Å²) < 4.78 is 6.06. The van der Waals surface area contributed by atoms with Crippen molar-refractivity contribution < 1.29 is 14.5 Å². The summed E-state index contributed by atoms with van der Waals surface area (Å²) in [7, 11) is 0. The summed E-state index contributed by atoms with van der Waals surface area (Å²) in [5.74, 6) is 0.373. The minimum Gasteiger partial charge on any atom is -0.488 e. The van der Waals surface area contributed by atoms with E-state index < -0.39 is 10.8 Å². The molecule has 4 rings (SSSR count). The van der Waals surface area contributed by atoms with Gasteiger partial charge < -0.3 is 4.74 Å². The van der Waals surface area contributed by atoms with Crippen LogP contribution in [0.3, 0.4) is 0 Å². The van der Waals surface area contributed by atoms with Gasteiger partial charge in [0.25, 0.3) is 11.6 Å². The Morgan fingerprint density at radius 3 is 2.33 bits per heavy atom. The Morgan fingerprint density at radius 2 is 1.61 bits per heavy atom. The van der Waals surface area contributed by atoms with Gasteiger partial charge in [0.1, 0.15) is 17.4 Å². The molecule has 0 spiro atoms. The van der Waals surface area contributed by atoms with Crippen LogP contribution in [0.5, 0.6) is 5.75 Å². The normalized spacial score (nSPS) is 11.1. The molecule has 0 radical (unpaired) electrons. The number of hydrogen-bond acceptors (Lipinski definition) is 5. The van der Waals surface area contributed by atoms with Crippen molar-refractivity contribution in [3.63, 3.8) is 0 Å². The number of hydrazone groups is 1. The van der Waals surface area contributed by atoms with Crippen molar-refractivity contribution in [2.24, 2.45) is 5.10 Å². The molecular formula is C28H22ClN3O4. The Labute approximate surface area is 213 Å². The maximum atomic E-state index is 12.5. The number of benzene rings is 4. The average Bonchev–Trinajstić information content (AvgIpc) is 2.91. The molecular weight excluding hydrogens is 478 g/mol. The minimum absolute atomic E-state index is 0.0354. The molecule has 0 aromatic heterocycles. The van der Waals surface area contributed by atoms with Crippen LogP contribution in [0.1, 0.15) is 28.4 Å². The third-order valence-electron chi connectivity index (χ3n) is 5.47. The van der Waals surface area contributed by atoms with Crippen molar-refractivity contribution in [1.82, 2.24) is 5.43 Å². The van der Waals surface area contributed by atoms with Gasteiger partial charge in [0.2, 0.25) is 0 Å². The number of nitro benzene ring substituents is 1. The van der Waals surface area contributed by atoms with E-state index >= 15 is 0 Å². The first-order chi connectivity index (χ1) is 17.4. The second kappa shape index (κ2) is 11.3. The van der Waals surface area contributed by atoms with Crippen molar-refractivity contribution in [2.75, 3.05) is 0 Å². The quantitative estimate of drug-likeness (QED) is 0.167. The van der Waals surface area contributed by atoms with Crippen LogP contribution in [0.25, 0.3) is 11.1 Å². The van der Waals surface area contributed by atoms with Gasteiger partial charge in [-0.2, -0.15) is 5.10 Å². The highest BCUT2D eigenvalue weighted by molar-refractivity contribution is 6.32. The van der Waals surface area contributed by atoms with Gasteiger partial charge in [0.05, 0.1) is 10.6 Å². The number of halogens is 1. The van der Waals surface area contributed by atoms with E-state index in [1.807, 2.05) is 66.7 Å². The number of carbonyl (C=O) groups excluding carboxylic acids is 1. The van der Waals surface area contributed by atoms with E-state index in [4.69, 9.17) is 16.3 Å². The standard InChI is InChI=1S/C28H22ClN3O4/c1-19(23-15-16-25(29)26(17-23)32(34)35)30-31-28(33)22-13-11-20(12-14-22)18-36-27-10-6-5-9-24(27)21-7-3-2-4-8-21/h2-17H,18H2,1H3,(H,31,33). The highest BCUT2D eigenvalue weighted by Crippen LogP contribution is 2.30. The zero-order valence-electron chi connectivity index (χ0n) is 19.4. The number of ether oxygens (including phenoxy) is 1. The maximum absolute atomic E-state index is 12.5. The first kappa shape index (κ1) is 24.6. The van der Waals surface area contributed by atoms with E-state index in [-0.39, 0.29) is 10.7 Å². The van der Waals surface area contributed by atoms with Crippen molar-refractivity contribution in [3.8, 4) is 16.9 Å². The maximum Gasteiger partial charge on any atom is 0.288 e. The number of hydrogen-bond donors (Lipinski definition) is 1. The van der Waals surface area contributed by atoms with Crippen LogP contribution in [0.4, 0.5) is 5.69 Å². The van der Waals surface area contributed by atoms with Gasteiger partial charge in [0, 0.05) is 22.8 Å². The number of rotatable bonds is 8. The molecule has 0 atom stereocenters. The molecule has 0 unspecified atom stereocenters. The smallest absolute Gasteiger partial charge is 0.288 e. The predicted octanol–water partition coefficient (Wildman–Crippen LogP) is 6.65. The second-order valence-corrected chi connectivity index (χ2v) is 8.32. The number of carbonyl (C=O) groups is 1. The number of nitrogens with one attached hydrogen (secondary N) is 1. The average molecular weight is 500 g/mol. The number of para-hydroxylation sites is 1. The van der Waals surface area contributed by atoms with E-state index in [1.165, 1.54) is 12.1 Å². The largest absolute Gasteiger partial charge is 0.488 e. The molecule has 0 fully saturated rings. The molecule has 4 aromatic carbocycles. The second-order valence-electron chi connectivity index (χ2n) is 7.91. The minimum atomic E-state index is -0.566. The van der Waals surface area contributed by atoms with Crippen molar-refractivity contribution in [2.45, 2.75) is 13.5 Å². The number of nitrogens with zero attached hydrogens (tertiary/aromatic N) is 2. The van der Waals surface area contributed by atoms with E-state index in [0.717, 1.165) is 22.4 Å². The summed E-state index contributed by atoms with van der Waals surface area (Å²) in [6.45, 7) is 1.99. The van der Waals surface area contributed by atoms with Crippen LogP contribution in [0, 0.1) is 10.1 Å². The summed E-state index contributed by atoms with van der Waals surface area (Å²) in [5, 5.41) is 15.2. The molecule has 0 aliphatic heterocycles. The molecule has 180 valence electrons. The van der Waals surface area contributed by atoms with Crippen LogP contribution in [-0.4, -0.2) is 16.5 Å². The fraction of sp³-hybridized carbons (Fsp3) is 0.0714. The lowest BCUT2D eigenvalue weighted by molar-refractivity contribution is -0.384. The van der Waals surface area contributed by atoms with Crippen LogP contribution < -0.4 is 10.2 Å². The molecule has 1 amide bonds. The Bertz CT molecular complexity index is 1420. The van der Waals surface area contributed by atoms with Gasteiger partial charge in [-0.1, -0.05) is 78.3 Å². The van der Waals surface area contributed by atoms with E-state index in [0.29, 0.717) is 23.4 Å². The van der Waals surface area contributed by atoms with Gasteiger partial charge in [0.15, 0.2) is 0 Å². The third-order valence-corrected chi connectivity index (χ3v) is 5.79. The van der Waals surface area contributed by atoms with Crippen molar-refractivity contribution in [3.05, 3.63) is 129 Å². The molecule has 36 heavy (non-hydrogen) atoms. The first-order valence-electron chi connectivity index (χ1n) is 11.1. The van der Waals surface area contributed by atoms with Gasteiger partial charge in [-0.3, -0.25) is 14.9 Å². The van der Waals surface area contributed by atoms with Gasteiger partial charge in [-0.25, -0.2) is 5.43 Å². The Morgan fingerprint density at radius 1 is 0.944 bits per heavy atom. The molecule has 1 N–H and O–H groups in total. The molecule has 7 nitrogen and oxygen atoms in total. The van der Waals surface area contributed by atoms with Gasteiger partial charge >= 0.3 is 0 Å². The molecule has 0 saturated heterocycles. The van der Waals surface area contributed by atoms with Crippen LogP contribution >= 0.6 is 11.6 Å². The van der Waals surface area contributed by atoms with Gasteiger partial charge in [-0.05, 0) is 42.3 Å².